The van der Waals surface area contributed by atoms with Crippen LogP contribution in [0.3, 0.4) is 0 Å². The third-order valence-electron chi connectivity index (χ3n) is 3.25. The van der Waals surface area contributed by atoms with Crippen molar-refractivity contribution in [3.8, 4) is 5.75 Å². The lowest BCUT2D eigenvalue weighted by atomic mass is 9.93. The van der Waals surface area contributed by atoms with Crippen molar-refractivity contribution in [2.75, 3.05) is 13.7 Å². The van der Waals surface area contributed by atoms with E-state index in [1.54, 1.807) is 6.07 Å². The summed E-state index contributed by atoms with van der Waals surface area (Å²) in [6.45, 7) is 2.83. The molecule has 0 bridgehead atoms. The number of alkyl halides is 1. The summed E-state index contributed by atoms with van der Waals surface area (Å²) in [4.78, 5) is -0.00194. The number of hydrogen-bond donors (Lipinski definition) is 0. The van der Waals surface area contributed by atoms with Crippen molar-refractivity contribution >= 4 is 15.9 Å². The Morgan fingerprint density at radius 2 is 2.29 bits per heavy atom. The van der Waals surface area contributed by atoms with E-state index in [2.05, 4.69) is 22.9 Å². The molecular formula is C13H16BrFO2. The zero-order valence-electron chi connectivity index (χ0n) is 10.0. The maximum atomic E-state index is 13.6. The molecule has 1 aliphatic rings. The number of ether oxygens (including phenoxy) is 2. The van der Waals surface area contributed by atoms with Gasteiger partial charge < -0.3 is 9.47 Å². The van der Waals surface area contributed by atoms with Gasteiger partial charge in [-0.3, -0.25) is 0 Å². The van der Waals surface area contributed by atoms with Crippen LogP contribution >= 0.6 is 15.9 Å². The molecule has 2 nitrogen and oxygen atoms in total. The van der Waals surface area contributed by atoms with Crippen molar-refractivity contribution in [1.29, 1.82) is 0 Å². The molecule has 1 fully saturated rings. The smallest absolute Gasteiger partial charge is 0.165 e. The summed E-state index contributed by atoms with van der Waals surface area (Å²) in [6.07, 6.45) is 2.04. The Morgan fingerprint density at radius 3 is 2.82 bits per heavy atom. The zero-order chi connectivity index (χ0) is 12.5. The van der Waals surface area contributed by atoms with E-state index < -0.39 is 0 Å². The molecular weight excluding hydrogens is 287 g/mol. The van der Waals surface area contributed by atoms with Crippen LogP contribution in [0.4, 0.5) is 4.39 Å². The molecule has 2 atom stereocenters. The normalized spacial score (nSPS) is 25.9. The molecule has 4 heteroatoms. The van der Waals surface area contributed by atoms with Crippen LogP contribution in [0.2, 0.25) is 0 Å². The Labute approximate surface area is 109 Å². The van der Waals surface area contributed by atoms with Crippen LogP contribution in [0.1, 0.15) is 30.2 Å². The van der Waals surface area contributed by atoms with Crippen molar-refractivity contribution in [1.82, 2.24) is 0 Å². The van der Waals surface area contributed by atoms with Crippen LogP contribution in [-0.4, -0.2) is 19.3 Å². The second kappa shape index (κ2) is 4.94. The van der Waals surface area contributed by atoms with E-state index >= 15 is 0 Å². The first-order valence-corrected chi connectivity index (χ1v) is 6.60. The van der Waals surface area contributed by atoms with Gasteiger partial charge in [0.2, 0.25) is 0 Å². The van der Waals surface area contributed by atoms with Gasteiger partial charge >= 0.3 is 0 Å². The van der Waals surface area contributed by atoms with Gasteiger partial charge in [0, 0.05) is 6.61 Å². The molecule has 0 aromatic heterocycles. The van der Waals surface area contributed by atoms with Gasteiger partial charge in [-0.15, -0.1) is 0 Å². The minimum atomic E-state index is -0.337. The zero-order valence-corrected chi connectivity index (χ0v) is 11.6. The van der Waals surface area contributed by atoms with E-state index in [0.29, 0.717) is 0 Å². The standard InChI is InChI=1S/C13H16BrFO2/c1-13(6-3-7-17-13)12(14)9-4-5-11(16-2)10(15)8-9/h4-5,8,12H,3,6-7H2,1-2H3. The van der Waals surface area contributed by atoms with E-state index in [9.17, 15) is 4.39 Å². The third kappa shape index (κ3) is 2.47. The van der Waals surface area contributed by atoms with Crippen molar-refractivity contribution in [2.45, 2.75) is 30.2 Å². The lowest BCUT2D eigenvalue weighted by Crippen LogP contribution is -2.28. The lowest BCUT2D eigenvalue weighted by molar-refractivity contribution is 0.0197. The predicted molar refractivity (Wildman–Crippen MR) is 68.2 cm³/mol. The first-order chi connectivity index (χ1) is 8.07. The van der Waals surface area contributed by atoms with Crippen LogP contribution < -0.4 is 4.74 Å². The predicted octanol–water partition coefficient (Wildman–Crippen LogP) is 3.84. The number of hydrogen-bond acceptors (Lipinski definition) is 2. The van der Waals surface area contributed by atoms with E-state index in [1.807, 2.05) is 6.07 Å². The molecule has 1 heterocycles. The topological polar surface area (TPSA) is 18.5 Å². The van der Waals surface area contributed by atoms with E-state index in [-0.39, 0.29) is 22.0 Å². The van der Waals surface area contributed by atoms with Gasteiger partial charge in [0.15, 0.2) is 11.6 Å². The fourth-order valence-electron chi connectivity index (χ4n) is 2.19. The van der Waals surface area contributed by atoms with Gasteiger partial charge in [-0.2, -0.15) is 0 Å². The third-order valence-corrected chi connectivity index (χ3v) is 4.75. The highest BCUT2D eigenvalue weighted by Gasteiger charge is 2.38. The van der Waals surface area contributed by atoms with Gasteiger partial charge in [0.05, 0.1) is 17.5 Å². The highest BCUT2D eigenvalue weighted by Crippen LogP contribution is 2.43. The first kappa shape index (κ1) is 12.8. The number of halogens is 2. The molecule has 94 valence electrons. The Hall–Kier alpha value is -0.610. The minimum Gasteiger partial charge on any atom is -0.494 e. The van der Waals surface area contributed by atoms with E-state index in [0.717, 1.165) is 25.0 Å². The van der Waals surface area contributed by atoms with Crippen LogP contribution in [0.15, 0.2) is 18.2 Å². The van der Waals surface area contributed by atoms with Crippen LogP contribution in [0.5, 0.6) is 5.75 Å². The van der Waals surface area contributed by atoms with Crippen molar-refractivity contribution < 1.29 is 13.9 Å². The molecule has 17 heavy (non-hydrogen) atoms. The Kier molecular flexibility index (Phi) is 3.73. The monoisotopic (exact) mass is 302 g/mol. The van der Waals surface area contributed by atoms with Gasteiger partial charge in [-0.1, -0.05) is 22.0 Å². The lowest BCUT2D eigenvalue weighted by Gasteiger charge is -2.29. The van der Waals surface area contributed by atoms with E-state index in [4.69, 9.17) is 9.47 Å². The fraction of sp³-hybridized carbons (Fsp3) is 0.538. The van der Waals surface area contributed by atoms with Crippen LogP contribution in [0.25, 0.3) is 0 Å². The fourth-order valence-corrected chi connectivity index (χ4v) is 2.84. The van der Waals surface area contributed by atoms with Crippen molar-refractivity contribution in [3.63, 3.8) is 0 Å². The highest BCUT2D eigenvalue weighted by atomic mass is 79.9. The van der Waals surface area contributed by atoms with Crippen LogP contribution in [0, 0.1) is 5.82 Å². The molecule has 0 aliphatic carbocycles. The molecule has 1 aromatic rings. The van der Waals surface area contributed by atoms with Gasteiger partial charge in [-0.25, -0.2) is 4.39 Å². The second-order valence-corrected chi connectivity index (χ2v) is 5.44. The average molecular weight is 303 g/mol. The highest BCUT2D eigenvalue weighted by molar-refractivity contribution is 9.09. The summed E-state index contributed by atoms with van der Waals surface area (Å²) in [7, 11) is 1.46. The van der Waals surface area contributed by atoms with Crippen molar-refractivity contribution in [2.24, 2.45) is 0 Å². The van der Waals surface area contributed by atoms with Crippen LogP contribution in [-0.2, 0) is 4.74 Å². The molecule has 0 saturated carbocycles. The molecule has 2 unspecified atom stereocenters. The number of rotatable bonds is 3. The summed E-state index contributed by atoms with van der Waals surface area (Å²) in [6, 6.07) is 5.02. The van der Waals surface area contributed by atoms with Crippen molar-refractivity contribution in [3.05, 3.63) is 29.6 Å². The molecule has 1 saturated heterocycles. The first-order valence-electron chi connectivity index (χ1n) is 5.68. The maximum absolute atomic E-state index is 13.6. The molecule has 1 aliphatic heterocycles. The maximum Gasteiger partial charge on any atom is 0.165 e. The SMILES string of the molecule is COc1ccc(C(Br)C2(C)CCCO2)cc1F. The molecule has 0 amide bonds. The number of benzene rings is 1. The van der Waals surface area contributed by atoms with Gasteiger partial charge in [-0.05, 0) is 37.5 Å². The summed E-state index contributed by atoms with van der Waals surface area (Å²) >= 11 is 3.62. The second-order valence-electron chi connectivity index (χ2n) is 4.52. The Bertz CT molecular complexity index is 402. The summed E-state index contributed by atoms with van der Waals surface area (Å²) in [5.41, 5.74) is 0.633. The van der Waals surface area contributed by atoms with Gasteiger partial charge in [0.1, 0.15) is 0 Å². The summed E-state index contributed by atoms with van der Waals surface area (Å²) < 4.78 is 24.3. The van der Waals surface area contributed by atoms with E-state index in [1.165, 1.54) is 13.2 Å². The molecule has 0 radical (unpaired) electrons. The molecule has 0 spiro atoms. The largest absolute Gasteiger partial charge is 0.494 e. The average Bonchev–Trinajstić information content (AvgIpc) is 2.76. The molecule has 2 rings (SSSR count). The molecule has 0 N–H and O–H groups in total. The minimum absolute atomic E-state index is 0.00194. The summed E-state index contributed by atoms with van der Waals surface area (Å²) in [5.74, 6) is -0.0676. The summed E-state index contributed by atoms with van der Waals surface area (Å²) in [5, 5.41) is 0. The van der Waals surface area contributed by atoms with Gasteiger partial charge in [0.25, 0.3) is 0 Å². The Balaban J connectivity index is 2.25. The number of methoxy groups -OCH3 is 1. The molecule has 1 aromatic carbocycles. The Morgan fingerprint density at radius 1 is 1.53 bits per heavy atom. The quantitative estimate of drug-likeness (QED) is 0.790.